The number of carbonyl (C=O) groups excluding carboxylic acids is 1. The number of nitrogen functional groups attached to an aromatic ring is 1. The van der Waals surface area contributed by atoms with Crippen LogP contribution >= 0.6 is 22.9 Å². The van der Waals surface area contributed by atoms with Crippen LogP contribution in [0.5, 0.6) is 0 Å². The molecule has 0 atom stereocenters. The van der Waals surface area contributed by atoms with Gasteiger partial charge in [-0.25, -0.2) is 0 Å². The van der Waals surface area contributed by atoms with Crippen LogP contribution in [0.25, 0.3) is 0 Å². The second kappa shape index (κ2) is 4.90. The third kappa shape index (κ3) is 2.35. The highest BCUT2D eigenvalue weighted by atomic mass is 35.5. The second-order valence-corrected chi connectivity index (χ2v) is 5.23. The summed E-state index contributed by atoms with van der Waals surface area (Å²) in [6, 6.07) is 8.90. The van der Waals surface area contributed by atoms with Gasteiger partial charge in [0.05, 0.1) is 15.5 Å². The summed E-state index contributed by atoms with van der Waals surface area (Å²) in [5.74, 6) is -0.0993. The SMILES string of the molecule is CCc1ccc(C(=O)c2c(N)cccc2Cl)s1. The lowest BCUT2D eigenvalue weighted by Crippen LogP contribution is -2.04. The summed E-state index contributed by atoms with van der Waals surface area (Å²) < 4.78 is 0. The van der Waals surface area contributed by atoms with Gasteiger partial charge in [-0.1, -0.05) is 24.6 Å². The zero-order valence-corrected chi connectivity index (χ0v) is 10.9. The number of thiophene rings is 1. The molecule has 0 aliphatic heterocycles. The largest absolute Gasteiger partial charge is 0.398 e. The topological polar surface area (TPSA) is 43.1 Å². The van der Waals surface area contributed by atoms with Gasteiger partial charge in [-0.15, -0.1) is 11.3 Å². The Labute approximate surface area is 109 Å². The van der Waals surface area contributed by atoms with Gasteiger partial charge in [0.15, 0.2) is 0 Å². The summed E-state index contributed by atoms with van der Waals surface area (Å²) in [6.07, 6.45) is 0.927. The van der Waals surface area contributed by atoms with Gasteiger partial charge in [-0.2, -0.15) is 0 Å². The standard InChI is InChI=1S/C13H12ClNOS/c1-2-8-6-7-11(17-8)13(16)12-9(14)4-3-5-10(12)15/h3-7H,2,15H2,1H3. The quantitative estimate of drug-likeness (QED) is 0.678. The number of anilines is 1. The van der Waals surface area contributed by atoms with Crippen LogP contribution in [-0.2, 0) is 6.42 Å². The lowest BCUT2D eigenvalue weighted by atomic mass is 10.1. The molecule has 0 spiro atoms. The van der Waals surface area contributed by atoms with E-state index >= 15 is 0 Å². The lowest BCUT2D eigenvalue weighted by molar-refractivity contribution is 0.104. The minimum absolute atomic E-state index is 0.0993. The molecular formula is C13H12ClNOS. The van der Waals surface area contributed by atoms with Crippen LogP contribution < -0.4 is 5.73 Å². The van der Waals surface area contributed by atoms with E-state index in [-0.39, 0.29) is 5.78 Å². The van der Waals surface area contributed by atoms with E-state index in [9.17, 15) is 4.79 Å². The van der Waals surface area contributed by atoms with Crippen LogP contribution in [0.2, 0.25) is 5.02 Å². The fraction of sp³-hybridized carbons (Fsp3) is 0.154. The van der Waals surface area contributed by atoms with Crippen molar-refractivity contribution < 1.29 is 4.79 Å². The van der Waals surface area contributed by atoms with E-state index in [1.54, 1.807) is 18.2 Å². The number of benzene rings is 1. The monoisotopic (exact) mass is 265 g/mol. The van der Waals surface area contributed by atoms with E-state index in [4.69, 9.17) is 17.3 Å². The van der Waals surface area contributed by atoms with Crippen molar-refractivity contribution in [3.8, 4) is 0 Å². The highest BCUT2D eigenvalue weighted by Gasteiger charge is 2.17. The number of carbonyl (C=O) groups is 1. The first kappa shape index (κ1) is 12.1. The fourth-order valence-electron chi connectivity index (χ4n) is 1.59. The fourth-order valence-corrected chi connectivity index (χ4v) is 2.75. The van der Waals surface area contributed by atoms with Crippen LogP contribution in [0.4, 0.5) is 5.69 Å². The number of nitrogens with two attached hydrogens (primary N) is 1. The summed E-state index contributed by atoms with van der Waals surface area (Å²) in [5, 5.41) is 0.404. The van der Waals surface area contributed by atoms with Crippen LogP contribution in [-0.4, -0.2) is 5.78 Å². The van der Waals surface area contributed by atoms with Gasteiger partial charge >= 0.3 is 0 Å². The molecule has 1 heterocycles. The van der Waals surface area contributed by atoms with E-state index in [2.05, 4.69) is 6.92 Å². The molecule has 0 saturated carbocycles. The van der Waals surface area contributed by atoms with Gasteiger partial charge in [-0.05, 0) is 30.7 Å². The van der Waals surface area contributed by atoms with Crippen molar-refractivity contribution in [1.82, 2.24) is 0 Å². The minimum atomic E-state index is -0.0993. The Balaban J connectivity index is 2.43. The van der Waals surface area contributed by atoms with Crippen LogP contribution in [0.15, 0.2) is 30.3 Å². The third-order valence-corrected chi connectivity index (χ3v) is 4.05. The predicted molar refractivity (Wildman–Crippen MR) is 73.0 cm³/mol. The minimum Gasteiger partial charge on any atom is -0.398 e. The first-order valence-corrected chi connectivity index (χ1v) is 6.50. The van der Waals surface area contributed by atoms with Gasteiger partial charge in [0.1, 0.15) is 0 Å². The van der Waals surface area contributed by atoms with E-state index < -0.39 is 0 Å². The number of ketones is 1. The Hall–Kier alpha value is -1.32. The molecule has 1 aromatic carbocycles. The molecule has 2 nitrogen and oxygen atoms in total. The van der Waals surface area contributed by atoms with Gasteiger partial charge in [-0.3, -0.25) is 4.79 Å². The summed E-state index contributed by atoms with van der Waals surface area (Å²) in [6.45, 7) is 2.06. The third-order valence-electron chi connectivity index (χ3n) is 2.51. The first-order chi connectivity index (χ1) is 8.13. The molecule has 0 bridgehead atoms. The van der Waals surface area contributed by atoms with Gasteiger partial charge in [0, 0.05) is 10.6 Å². The Bertz CT molecular complexity index is 542. The molecule has 4 heteroatoms. The average molecular weight is 266 g/mol. The molecule has 0 fully saturated rings. The van der Waals surface area contributed by atoms with Gasteiger partial charge in [0.25, 0.3) is 0 Å². The molecule has 1 aromatic heterocycles. The van der Waals surface area contributed by atoms with Crippen molar-refractivity contribution in [1.29, 1.82) is 0 Å². The number of aryl methyl sites for hydroxylation is 1. The molecule has 0 aliphatic rings. The smallest absolute Gasteiger partial charge is 0.206 e. The molecule has 17 heavy (non-hydrogen) atoms. The van der Waals surface area contributed by atoms with Crippen molar-refractivity contribution in [2.24, 2.45) is 0 Å². The molecule has 0 amide bonds. The van der Waals surface area contributed by atoms with Crippen molar-refractivity contribution >= 4 is 34.4 Å². The number of halogens is 1. The Morgan fingerprint density at radius 2 is 2.12 bits per heavy atom. The predicted octanol–water partition coefficient (Wildman–Crippen LogP) is 3.78. The molecule has 2 aromatic rings. The Kier molecular flexibility index (Phi) is 3.50. The summed E-state index contributed by atoms with van der Waals surface area (Å²) in [4.78, 5) is 14.1. The highest BCUT2D eigenvalue weighted by molar-refractivity contribution is 7.14. The van der Waals surface area contributed by atoms with Gasteiger partial charge in [0.2, 0.25) is 5.78 Å². The van der Waals surface area contributed by atoms with E-state index in [0.29, 0.717) is 21.2 Å². The van der Waals surface area contributed by atoms with E-state index in [0.717, 1.165) is 6.42 Å². The van der Waals surface area contributed by atoms with Crippen LogP contribution in [0.3, 0.4) is 0 Å². The Morgan fingerprint density at radius 3 is 2.71 bits per heavy atom. The van der Waals surface area contributed by atoms with E-state index in [1.165, 1.54) is 16.2 Å². The number of hydrogen-bond acceptors (Lipinski definition) is 3. The zero-order valence-electron chi connectivity index (χ0n) is 9.37. The van der Waals surface area contributed by atoms with Crippen molar-refractivity contribution in [3.05, 3.63) is 50.7 Å². The lowest BCUT2D eigenvalue weighted by Gasteiger charge is -2.05. The zero-order chi connectivity index (χ0) is 12.4. The normalized spacial score (nSPS) is 10.5. The maximum Gasteiger partial charge on any atom is 0.206 e. The second-order valence-electron chi connectivity index (χ2n) is 3.65. The maximum atomic E-state index is 12.3. The highest BCUT2D eigenvalue weighted by Crippen LogP contribution is 2.28. The molecular weight excluding hydrogens is 254 g/mol. The molecule has 2 N–H and O–H groups in total. The van der Waals surface area contributed by atoms with Crippen molar-refractivity contribution in [3.63, 3.8) is 0 Å². The molecule has 88 valence electrons. The van der Waals surface area contributed by atoms with E-state index in [1.807, 2.05) is 12.1 Å². The Morgan fingerprint density at radius 1 is 1.35 bits per heavy atom. The molecule has 0 aliphatic carbocycles. The van der Waals surface area contributed by atoms with Gasteiger partial charge < -0.3 is 5.73 Å². The first-order valence-electron chi connectivity index (χ1n) is 5.31. The molecule has 0 unspecified atom stereocenters. The maximum absolute atomic E-state index is 12.3. The van der Waals surface area contributed by atoms with Crippen LogP contribution in [0, 0.1) is 0 Å². The van der Waals surface area contributed by atoms with Crippen molar-refractivity contribution in [2.45, 2.75) is 13.3 Å². The van der Waals surface area contributed by atoms with Crippen molar-refractivity contribution in [2.75, 3.05) is 5.73 Å². The molecule has 0 saturated heterocycles. The molecule has 2 rings (SSSR count). The summed E-state index contributed by atoms with van der Waals surface area (Å²) in [7, 11) is 0. The number of hydrogen-bond donors (Lipinski definition) is 1. The molecule has 0 radical (unpaired) electrons. The summed E-state index contributed by atoms with van der Waals surface area (Å²) in [5.41, 5.74) is 6.62. The van der Waals surface area contributed by atoms with Crippen LogP contribution in [0.1, 0.15) is 27.0 Å². The average Bonchev–Trinajstić information content (AvgIpc) is 2.77. The summed E-state index contributed by atoms with van der Waals surface area (Å²) >= 11 is 7.51. The number of rotatable bonds is 3.